The number of nitro groups is 1. The minimum Gasteiger partial charge on any atom is -0.496 e. The van der Waals surface area contributed by atoms with E-state index in [4.69, 9.17) is 14.2 Å². The average molecular weight is 359 g/mol. The van der Waals surface area contributed by atoms with E-state index in [1.807, 2.05) is 0 Å². The number of nitrogens with one attached hydrogen (secondary N) is 1. The largest absolute Gasteiger partial charge is 0.496 e. The third-order valence-electron chi connectivity index (χ3n) is 3.45. The third-order valence-corrected chi connectivity index (χ3v) is 3.45. The second kappa shape index (κ2) is 8.47. The molecular weight excluding hydrogens is 342 g/mol. The summed E-state index contributed by atoms with van der Waals surface area (Å²) in [7, 11) is 4.19. The molecule has 0 fully saturated rings. The zero-order valence-electron chi connectivity index (χ0n) is 14.4. The third kappa shape index (κ3) is 4.07. The van der Waals surface area contributed by atoms with Crippen LogP contribution in [0.5, 0.6) is 17.2 Å². The second-order valence-electron chi connectivity index (χ2n) is 4.92. The van der Waals surface area contributed by atoms with Gasteiger partial charge in [0.2, 0.25) is 5.75 Å². The van der Waals surface area contributed by atoms with Crippen molar-refractivity contribution in [2.45, 2.75) is 0 Å². The van der Waals surface area contributed by atoms with Gasteiger partial charge in [-0.25, -0.2) is 5.43 Å². The van der Waals surface area contributed by atoms with Gasteiger partial charge >= 0.3 is 5.69 Å². The van der Waals surface area contributed by atoms with Gasteiger partial charge in [-0.3, -0.25) is 14.9 Å². The topological polar surface area (TPSA) is 112 Å². The van der Waals surface area contributed by atoms with Gasteiger partial charge in [0.05, 0.1) is 38.0 Å². The van der Waals surface area contributed by atoms with Crippen LogP contribution in [-0.4, -0.2) is 38.4 Å². The number of nitrogens with zero attached hydrogens (tertiary/aromatic N) is 2. The molecule has 0 radical (unpaired) electrons. The molecule has 0 aliphatic heterocycles. The monoisotopic (exact) mass is 359 g/mol. The molecule has 2 aromatic carbocycles. The summed E-state index contributed by atoms with van der Waals surface area (Å²) in [5.41, 5.74) is 2.71. The Balaban J connectivity index is 2.25. The van der Waals surface area contributed by atoms with Crippen molar-refractivity contribution in [3.8, 4) is 17.2 Å². The molecular formula is C17H17N3O6. The molecule has 0 saturated heterocycles. The van der Waals surface area contributed by atoms with Gasteiger partial charge in [-0.1, -0.05) is 12.1 Å². The standard InChI is InChI=1S/C17H17N3O6/c1-24-14-7-5-4-6-12(14)17(21)19-18-10-11-8-13(20(22)23)16(26-3)9-15(11)25-2/h4-10H,1-3H3,(H,19,21)/b18-10+. The molecule has 1 N–H and O–H groups in total. The summed E-state index contributed by atoms with van der Waals surface area (Å²) in [6.45, 7) is 0. The number of para-hydroxylation sites is 1. The molecule has 9 heteroatoms. The Bertz CT molecular complexity index is 850. The van der Waals surface area contributed by atoms with Crippen LogP contribution in [0, 0.1) is 10.1 Å². The van der Waals surface area contributed by atoms with Gasteiger partial charge in [-0.2, -0.15) is 5.10 Å². The molecule has 26 heavy (non-hydrogen) atoms. The van der Waals surface area contributed by atoms with Gasteiger partial charge in [0.15, 0.2) is 0 Å². The highest BCUT2D eigenvalue weighted by molar-refractivity contribution is 5.97. The second-order valence-corrected chi connectivity index (χ2v) is 4.92. The molecule has 9 nitrogen and oxygen atoms in total. The molecule has 2 rings (SSSR count). The van der Waals surface area contributed by atoms with Crippen molar-refractivity contribution in [1.82, 2.24) is 5.43 Å². The number of hydrogen-bond donors (Lipinski definition) is 1. The van der Waals surface area contributed by atoms with Crippen LogP contribution in [0.2, 0.25) is 0 Å². The summed E-state index contributed by atoms with van der Waals surface area (Å²) in [5, 5.41) is 15.0. The van der Waals surface area contributed by atoms with Crippen molar-refractivity contribution in [3.63, 3.8) is 0 Å². The number of hydrogen-bond acceptors (Lipinski definition) is 7. The van der Waals surface area contributed by atoms with Gasteiger partial charge < -0.3 is 14.2 Å². The van der Waals surface area contributed by atoms with E-state index >= 15 is 0 Å². The van der Waals surface area contributed by atoms with E-state index in [0.29, 0.717) is 22.6 Å². The molecule has 136 valence electrons. The Morgan fingerprint density at radius 1 is 1.08 bits per heavy atom. The molecule has 0 atom stereocenters. The Morgan fingerprint density at radius 2 is 1.73 bits per heavy atom. The quantitative estimate of drug-likeness (QED) is 0.461. The number of rotatable bonds is 7. The number of benzene rings is 2. The predicted octanol–water partition coefficient (Wildman–Crippen LogP) is 2.38. The molecule has 0 spiro atoms. The van der Waals surface area contributed by atoms with Crippen LogP contribution in [0.15, 0.2) is 41.5 Å². The lowest BCUT2D eigenvalue weighted by Gasteiger charge is -2.08. The maximum atomic E-state index is 12.2. The Morgan fingerprint density at radius 3 is 2.35 bits per heavy atom. The van der Waals surface area contributed by atoms with E-state index in [1.165, 1.54) is 39.7 Å². The zero-order valence-corrected chi connectivity index (χ0v) is 14.4. The summed E-state index contributed by atoms with van der Waals surface area (Å²) in [6, 6.07) is 9.28. The van der Waals surface area contributed by atoms with Gasteiger partial charge in [0.1, 0.15) is 11.5 Å². The fourth-order valence-electron chi connectivity index (χ4n) is 2.20. The van der Waals surface area contributed by atoms with E-state index in [9.17, 15) is 14.9 Å². The van der Waals surface area contributed by atoms with Crippen LogP contribution in [0.4, 0.5) is 5.69 Å². The number of amides is 1. The predicted molar refractivity (Wildman–Crippen MR) is 94.3 cm³/mol. The van der Waals surface area contributed by atoms with Crippen molar-refractivity contribution < 1.29 is 23.9 Å². The summed E-state index contributed by atoms with van der Waals surface area (Å²) in [6.07, 6.45) is 1.25. The molecule has 0 heterocycles. The minimum absolute atomic E-state index is 0.0575. The first-order chi connectivity index (χ1) is 12.5. The molecule has 0 unspecified atom stereocenters. The van der Waals surface area contributed by atoms with Gasteiger partial charge in [-0.05, 0) is 12.1 Å². The van der Waals surface area contributed by atoms with Gasteiger partial charge in [0.25, 0.3) is 5.91 Å². The summed E-state index contributed by atoms with van der Waals surface area (Å²) >= 11 is 0. The van der Waals surface area contributed by atoms with Crippen LogP contribution < -0.4 is 19.6 Å². The van der Waals surface area contributed by atoms with Crippen molar-refractivity contribution >= 4 is 17.8 Å². The molecule has 1 amide bonds. The highest BCUT2D eigenvalue weighted by Crippen LogP contribution is 2.33. The molecule has 0 bridgehead atoms. The van der Waals surface area contributed by atoms with Crippen LogP contribution >= 0.6 is 0 Å². The highest BCUT2D eigenvalue weighted by Gasteiger charge is 2.19. The molecule has 2 aromatic rings. The van der Waals surface area contributed by atoms with E-state index in [1.54, 1.807) is 24.3 Å². The maximum absolute atomic E-state index is 12.2. The normalized spacial score (nSPS) is 10.4. The summed E-state index contributed by atoms with van der Waals surface area (Å²) in [5.74, 6) is 0.281. The number of hydrazone groups is 1. The number of carbonyl (C=O) groups is 1. The molecule has 0 saturated carbocycles. The van der Waals surface area contributed by atoms with Crippen LogP contribution in [0.3, 0.4) is 0 Å². The van der Waals surface area contributed by atoms with Gasteiger partial charge in [-0.15, -0.1) is 0 Å². The maximum Gasteiger partial charge on any atom is 0.311 e. The van der Waals surface area contributed by atoms with Crippen molar-refractivity contribution in [3.05, 3.63) is 57.6 Å². The fraction of sp³-hybridized carbons (Fsp3) is 0.176. The van der Waals surface area contributed by atoms with Crippen molar-refractivity contribution in [2.24, 2.45) is 5.10 Å². The smallest absolute Gasteiger partial charge is 0.311 e. The van der Waals surface area contributed by atoms with Gasteiger partial charge in [0, 0.05) is 17.7 Å². The van der Waals surface area contributed by atoms with E-state index in [-0.39, 0.29) is 11.4 Å². The molecule has 0 aliphatic rings. The van der Waals surface area contributed by atoms with Crippen LogP contribution in [0.25, 0.3) is 0 Å². The Kier molecular flexibility index (Phi) is 6.10. The highest BCUT2D eigenvalue weighted by atomic mass is 16.6. The molecule has 0 aliphatic carbocycles. The van der Waals surface area contributed by atoms with Crippen molar-refractivity contribution in [1.29, 1.82) is 0 Å². The number of ether oxygens (including phenoxy) is 3. The minimum atomic E-state index is -0.580. The number of nitro benzene ring substituents is 1. The summed E-state index contributed by atoms with van der Waals surface area (Å²) < 4.78 is 15.3. The van der Waals surface area contributed by atoms with E-state index in [0.717, 1.165) is 0 Å². The Hall–Kier alpha value is -3.62. The number of carbonyl (C=O) groups excluding carboxylic acids is 1. The average Bonchev–Trinajstić information content (AvgIpc) is 2.67. The summed E-state index contributed by atoms with van der Waals surface area (Å²) in [4.78, 5) is 22.7. The van der Waals surface area contributed by atoms with Crippen LogP contribution in [-0.2, 0) is 0 Å². The van der Waals surface area contributed by atoms with Crippen LogP contribution in [0.1, 0.15) is 15.9 Å². The van der Waals surface area contributed by atoms with Crippen molar-refractivity contribution in [2.75, 3.05) is 21.3 Å². The lowest BCUT2D eigenvalue weighted by molar-refractivity contribution is -0.385. The first kappa shape index (κ1) is 18.7. The van der Waals surface area contributed by atoms with E-state index in [2.05, 4.69) is 10.5 Å². The number of methoxy groups -OCH3 is 3. The SMILES string of the molecule is COc1cc(OC)c([N+](=O)[O-])cc1/C=N/NC(=O)c1ccccc1OC. The fourth-order valence-corrected chi connectivity index (χ4v) is 2.20. The van der Waals surface area contributed by atoms with E-state index < -0.39 is 10.8 Å². The first-order valence-corrected chi connectivity index (χ1v) is 7.38. The lowest BCUT2D eigenvalue weighted by Crippen LogP contribution is -2.18. The zero-order chi connectivity index (χ0) is 19.1. The lowest BCUT2D eigenvalue weighted by atomic mass is 10.1. The Labute approximate surface area is 149 Å². The molecule has 0 aromatic heterocycles. The first-order valence-electron chi connectivity index (χ1n) is 7.38.